The van der Waals surface area contributed by atoms with E-state index in [9.17, 15) is 9.59 Å². The third-order valence-corrected chi connectivity index (χ3v) is 6.39. The summed E-state index contributed by atoms with van der Waals surface area (Å²) >= 11 is 0. The van der Waals surface area contributed by atoms with Crippen LogP contribution in [0.3, 0.4) is 0 Å². The molecule has 150 valence electrons. The van der Waals surface area contributed by atoms with E-state index < -0.39 is 0 Å². The Labute approximate surface area is 171 Å². The first-order valence-electron chi connectivity index (χ1n) is 10.7. The number of carbonyl (C=O) groups excluding carboxylic acids is 2. The summed E-state index contributed by atoms with van der Waals surface area (Å²) in [6.45, 7) is 4.16. The van der Waals surface area contributed by atoms with Crippen molar-refractivity contribution in [3.63, 3.8) is 0 Å². The van der Waals surface area contributed by atoms with Crippen LogP contribution in [0.1, 0.15) is 39.9 Å². The molecule has 2 aromatic carbocycles. The highest BCUT2D eigenvalue weighted by atomic mass is 16.2. The van der Waals surface area contributed by atoms with Crippen molar-refractivity contribution in [2.45, 2.75) is 32.2 Å². The van der Waals surface area contributed by atoms with Gasteiger partial charge in [-0.25, -0.2) is 0 Å². The van der Waals surface area contributed by atoms with Gasteiger partial charge in [-0.3, -0.25) is 14.5 Å². The summed E-state index contributed by atoms with van der Waals surface area (Å²) in [7, 11) is 0. The second kappa shape index (κ2) is 7.64. The Morgan fingerprint density at radius 3 is 2.62 bits per heavy atom. The monoisotopic (exact) mass is 389 g/mol. The third-order valence-electron chi connectivity index (χ3n) is 6.39. The largest absolute Gasteiger partial charge is 0.351 e. The fourth-order valence-electron chi connectivity index (χ4n) is 4.59. The predicted octanol–water partition coefficient (Wildman–Crippen LogP) is 2.77. The minimum atomic E-state index is -0.0278. The van der Waals surface area contributed by atoms with Crippen LogP contribution in [0.15, 0.2) is 42.5 Å². The van der Waals surface area contributed by atoms with Crippen LogP contribution >= 0.6 is 0 Å². The molecule has 0 unspecified atom stereocenters. The summed E-state index contributed by atoms with van der Waals surface area (Å²) < 4.78 is 0. The van der Waals surface area contributed by atoms with Crippen molar-refractivity contribution in [1.82, 2.24) is 10.2 Å². The molecular weight excluding hydrogens is 362 g/mol. The van der Waals surface area contributed by atoms with Gasteiger partial charge in [-0.15, -0.1) is 0 Å². The molecule has 0 saturated heterocycles. The Balaban J connectivity index is 1.20. The van der Waals surface area contributed by atoms with Crippen LogP contribution in [0.4, 0.5) is 5.69 Å². The van der Waals surface area contributed by atoms with Crippen LogP contribution in [0.25, 0.3) is 0 Å². The lowest BCUT2D eigenvalue weighted by atomic mass is 10.00. The maximum atomic E-state index is 12.8. The van der Waals surface area contributed by atoms with Crippen molar-refractivity contribution in [2.24, 2.45) is 5.92 Å². The molecule has 0 aromatic heterocycles. The average molecular weight is 389 g/mol. The molecule has 3 aliphatic rings. The van der Waals surface area contributed by atoms with E-state index in [4.69, 9.17) is 0 Å². The van der Waals surface area contributed by atoms with E-state index >= 15 is 0 Å². The van der Waals surface area contributed by atoms with Crippen molar-refractivity contribution >= 4 is 17.5 Å². The number of anilines is 1. The molecular formula is C24H27N3O2. The highest BCUT2D eigenvalue weighted by Crippen LogP contribution is 2.37. The number of amides is 2. The van der Waals surface area contributed by atoms with Gasteiger partial charge in [-0.05, 0) is 54.5 Å². The van der Waals surface area contributed by atoms with E-state index in [0.29, 0.717) is 13.1 Å². The molecule has 5 nitrogen and oxygen atoms in total. The van der Waals surface area contributed by atoms with Crippen molar-refractivity contribution in [3.8, 4) is 0 Å². The zero-order chi connectivity index (χ0) is 19.8. The van der Waals surface area contributed by atoms with E-state index in [1.807, 2.05) is 23.1 Å². The molecule has 2 aromatic rings. The second-order valence-electron chi connectivity index (χ2n) is 8.37. The summed E-state index contributed by atoms with van der Waals surface area (Å²) in [5.74, 6) is 0.403. The molecule has 5 rings (SSSR count). The molecule has 0 spiro atoms. The number of benzene rings is 2. The first-order chi connectivity index (χ1) is 14.2. The maximum absolute atomic E-state index is 12.8. The summed E-state index contributed by atoms with van der Waals surface area (Å²) in [5.41, 5.74) is 5.51. The van der Waals surface area contributed by atoms with Crippen molar-refractivity contribution in [3.05, 3.63) is 64.7 Å². The lowest BCUT2D eigenvalue weighted by Gasteiger charge is -2.28. The standard InChI is InChI=1S/C24H27N3O2/c28-23(25-12-15-26-13-10-17-4-1-2-5-19(17)16-26)21-6-3-7-22-20(21)11-14-27(22)24(29)18-8-9-18/h1-7,18H,8-16H2,(H,25,28). The van der Waals surface area contributed by atoms with E-state index in [2.05, 4.69) is 34.5 Å². The van der Waals surface area contributed by atoms with E-state index in [1.165, 1.54) is 11.1 Å². The molecule has 2 aliphatic heterocycles. The number of rotatable bonds is 5. The average Bonchev–Trinajstić information content (AvgIpc) is 3.51. The molecule has 2 heterocycles. The van der Waals surface area contributed by atoms with Crippen molar-refractivity contribution in [1.29, 1.82) is 0 Å². The fourth-order valence-corrected chi connectivity index (χ4v) is 4.59. The maximum Gasteiger partial charge on any atom is 0.251 e. The molecule has 1 N–H and O–H groups in total. The van der Waals surface area contributed by atoms with Gasteiger partial charge in [0, 0.05) is 49.9 Å². The Morgan fingerprint density at radius 2 is 1.79 bits per heavy atom. The molecule has 29 heavy (non-hydrogen) atoms. The SMILES string of the molecule is O=C(NCCN1CCc2ccccc2C1)c1cccc2c1CCN2C(=O)C1CC1. The number of nitrogens with one attached hydrogen (secondary N) is 1. The zero-order valence-electron chi connectivity index (χ0n) is 16.7. The molecule has 0 radical (unpaired) electrons. The summed E-state index contributed by atoms with van der Waals surface area (Å²) in [4.78, 5) is 29.6. The Bertz CT molecular complexity index is 951. The second-order valence-corrected chi connectivity index (χ2v) is 8.37. The molecule has 1 saturated carbocycles. The topological polar surface area (TPSA) is 52.7 Å². The Hall–Kier alpha value is -2.66. The quantitative estimate of drug-likeness (QED) is 0.856. The zero-order valence-corrected chi connectivity index (χ0v) is 16.7. The third kappa shape index (κ3) is 3.67. The van der Waals surface area contributed by atoms with E-state index in [1.54, 1.807) is 0 Å². The lowest BCUT2D eigenvalue weighted by molar-refractivity contribution is -0.119. The smallest absolute Gasteiger partial charge is 0.251 e. The normalized spacial score (nSPS) is 18.3. The number of fused-ring (bicyclic) bond motifs is 2. The van der Waals surface area contributed by atoms with Gasteiger partial charge in [-0.2, -0.15) is 0 Å². The van der Waals surface area contributed by atoms with Gasteiger partial charge in [0.15, 0.2) is 0 Å². The van der Waals surface area contributed by atoms with E-state index in [0.717, 1.165) is 62.1 Å². The minimum absolute atomic E-state index is 0.0278. The number of nitrogens with zero attached hydrogens (tertiary/aromatic N) is 2. The van der Waals surface area contributed by atoms with Gasteiger partial charge in [-0.1, -0.05) is 30.3 Å². The molecule has 0 bridgehead atoms. The van der Waals surface area contributed by atoms with Gasteiger partial charge >= 0.3 is 0 Å². The molecule has 2 amide bonds. The molecule has 1 fully saturated rings. The van der Waals surface area contributed by atoms with Gasteiger partial charge in [0.25, 0.3) is 5.91 Å². The first kappa shape index (κ1) is 18.4. The summed E-state index contributed by atoms with van der Waals surface area (Å²) in [5, 5.41) is 3.10. The minimum Gasteiger partial charge on any atom is -0.351 e. The van der Waals surface area contributed by atoms with Crippen LogP contribution in [0, 0.1) is 5.92 Å². The van der Waals surface area contributed by atoms with Gasteiger partial charge in [0.2, 0.25) is 5.91 Å². The van der Waals surface area contributed by atoms with Gasteiger partial charge in [0.05, 0.1) is 0 Å². The molecule has 1 aliphatic carbocycles. The Kier molecular flexibility index (Phi) is 4.84. The van der Waals surface area contributed by atoms with Crippen molar-refractivity contribution in [2.75, 3.05) is 31.1 Å². The highest BCUT2D eigenvalue weighted by Gasteiger charge is 2.37. The fraction of sp³-hybridized carbons (Fsp3) is 0.417. The molecule has 5 heteroatoms. The first-order valence-corrected chi connectivity index (χ1v) is 10.7. The van der Waals surface area contributed by atoms with Crippen LogP contribution in [0.5, 0.6) is 0 Å². The number of hydrogen-bond donors (Lipinski definition) is 1. The highest BCUT2D eigenvalue weighted by molar-refractivity contribution is 6.02. The van der Waals surface area contributed by atoms with Crippen molar-refractivity contribution < 1.29 is 9.59 Å². The van der Waals surface area contributed by atoms with Gasteiger partial charge < -0.3 is 10.2 Å². The lowest BCUT2D eigenvalue weighted by Crippen LogP contribution is -2.38. The van der Waals surface area contributed by atoms with Crippen LogP contribution in [-0.2, 0) is 24.2 Å². The molecule has 0 atom stereocenters. The van der Waals surface area contributed by atoms with E-state index in [-0.39, 0.29) is 17.7 Å². The van der Waals surface area contributed by atoms with Crippen LogP contribution in [-0.4, -0.2) is 42.9 Å². The summed E-state index contributed by atoms with van der Waals surface area (Å²) in [6, 6.07) is 14.4. The predicted molar refractivity (Wildman–Crippen MR) is 113 cm³/mol. The van der Waals surface area contributed by atoms with Gasteiger partial charge in [0.1, 0.15) is 0 Å². The van der Waals surface area contributed by atoms with Crippen LogP contribution < -0.4 is 10.2 Å². The number of hydrogen-bond acceptors (Lipinski definition) is 3. The van der Waals surface area contributed by atoms with Crippen LogP contribution in [0.2, 0.25) is 0 Å². The number of carbonyl (C=O) groups is 2. The Morgan fingerprint density at radius 1 is 0.966 bits per heavy atom. The summed E-state index contributed by atoms with van der Waals surface area (Å²) in [6.07, 6.45) is 3.85.